The highest BCUT2D eigenvalue weighted by atomic mass is 35.5. The summed E-state index contributed by atoms with van der Waals surface area (Å²) in [7, 11) is 0. The average Bonchev–Trinajstić information content (AvgIpc) is 3.13. The van der Waals surface area contributed by atoms with Gasteiger partial charge in [-0.1, -0.05) is 47.6 Å². The number of amides is 1. The van der Waals surface area contributed by atoms with E-state index in [1.165, 1.54) is 24.9 Å². The van der Waals surface area contributed by atoms with Crippen molar-refractivity contribution in [1.82, 2.24) is 9.55 Å². The van der Waals surface area contributed by atoms with Crippen molar-refractivity contribution in [2.75, 3.05) is 11.6 Å². The number of para-hydroxylation sites is 1. The Hall–Kier alpha value is -2.77. The number of ether oxygens (including phenoxy) is 1. The number of imidazole rings is 1. The Kier molecular flexibility index (Phi) is 6.38. The van der Waals surface area contributed by atoms with E-state index in [2.05, 4.69) is 10.3 Å². The number of nitrogens with one attached hydrogen (secondary N) is 1. The van der Waals surface area contributed by atoms with Crippen molar-refractivity contribution in [2.45, 2.75) is 18.2 Å². The van der Waals surface area contributed by atoms with Gasteiger partial charge in [0.15, 0.2) is 17.0 Å². The molecule has 1 amide bonds. The smallest absolute Gasteiger partial charge is 0.357 e. The summed E-state index contributed by atoms with van der Waals surface area (Å²) in [5.41, 5.74) is 1.56. The van der Waals surface area contributed by atoms with Crippen molar-refractivity contribution in [2.24, 2.45) is 0 Å². The molecule has 144 valence electrons. The van der Waals surface area contributed by atoms with Gasteiger partial charge in [-0.3, -0.25) is 9.36 Å². The molecule has 1 aromatic heterocycles. The van der Waals surface area contributed by atoms with E-state index in [9.17, 15) is 9.59 Å². The number of rotatable bonds is 6. The van der Waals surface area contributed by atoms with Crippen LogP contribution in [-0.4, -0.2) is 33.8 Å². The first kappa shape index (κ1) is 20.0. The number of esters is 1. The molecule has 8 heteroatoms. The standard InChI is InChI=1S/C20H18ClN3O3S/c1-13(18(25)23-15-8-6-7-14(21)11-15)27-19(26)17-12-22-20(28-2)24(17)16-9-4-3-5-10-16/h3-13H,1-2H3,(H,23,25). The molecule has 6 nitrogen and oxygen atoms in total. The third-order valence-electron chi connectivity index (χ3n) is 3.88. The van der Waals surface area contributed by atoms with Crippen molar-refractivity contribution >= 4 is 40.9 Å². The van der Waals surface area contributed by atoms with Crippen LogP contribution in [0.1, 0.15) is 17.4 Å². The van der Waals surface area contributed by atoms with Crippen LogP contribution in [0.3, 0.4) is 0 Å². The van der Waals surface area contributed by atoms with Crippen molar-refractivity contribution in [1.29, 1.82) is 0 Å². The maximum absolute atomic E-state index is 12.7. The highest BCUT2D eigenvalue weighted by Crippen LogP contribution is 2.22. The molecule has 2 aromatic carbocycles. The third-order valence-corrected chi connectivity index (χ3v) is 4.77. The molecule has 28 heavy (non-hydrogen) atoms. The number of anilines is 1. The van der Waals surface area contributed by atoms with Gasteiger partial charge in [0.2, 0.25) is 0 Å². The van der Waals surface area contributed by atoms with Crippen LogP contribution in [0, 0.1) is 0 Å². The molecule has 0 aliphatic heterocycles. The first-order chi connectivity index (χ1) is 13.5. The lowest BCUT2D eigenvalue weighted by molar-refractivity contribution is -0.123. The molecule has 0 aliphatic rings. The lowest BCUT2D eigenvalue weighted by atomic mass is 10.3. The van der Waals surface area contributed by atoms with Gasteiger partial charge in [-0.25, -0.2) is 9.78 Å². The minimum absolute atomic E-state index is 0.248. The van der Waals surface area contributed by atoms with Gasteiger partial charge in [0.05, 0.1) is 6.20 Å². The van der Waals surface area contributed by atoms with E-state index in [0.29, 0.717) is 15.9 Å². The Labute approximate surface area is 171 Å². The first-order valence-corrected chi connectivity index (χ1v) is 10.0. The lowest BCUT2D eigenvalue weighted by Gasteiger charge is -2.15. The molecule has 3 aromatic rings. The maximum atomic E-state index is 12.7. The fourth-order valence-corrected chi connectivity index (χ4v) is 3.27. The zero-order chi connectivity index (χ0) is 20.1. The van der Waals surface area contributed by atoms with Crippen LogP contribution in [0.2, 0.25) is 5.02 Å². The molecule has 0 fully saturated rings. The molecule has 0 saturated carbocycles. The average molecular weight is 416 g/mol. The fraction of sp³-hybridized carbons (Fsp3) is 0.150. The van der Waals surface area contributed by atoms with E-state index in [1.54, 1.807) is 28.8 Å². The number of halogens is 1. The molecule has 0 radical (unpaired) electrons. The van der Waals surface area contributed by atoms with Crippen LogP contribution in [-0.2, 0) is 9.53 Å². The summed E-state index contributed by atoms with van der Waals surface area (Å²) in [5.74, 6) is -1.09. The molecule has 3 rings (SSSR count). The highest BCUT2D eigenvalue weighted by molar-refractivity contribution is 7.98. The molecule has 0 spiro atoms. The molecule has 1 atom stereocenters. The van der Waals surface area contributed by atoms with Crippen molar-refractivity contribution in [3.05, 3.63) is 71.5 Å². The van der Waals surface area contributed by atoms with Crippen LogP contribution >= 0.6 is 23.4 Å². The van der Waals surface area contributed by atoms with Crippen molar-refractivity contribution in [3.8, 4) is 5.69 Å². The lowest BCUT2D eigenvalue weighted by Crippen LogP contribution is -2.30. The number of carbonyl (C=O) groups is 2. The second-order valence-electron chi connectivity index (χ2n) is 5.85. The zero-order valence-corrected chi connectivity index (χ0v) is 16.8. The van der Waals surface area contributed by atoms with E-state index in [1.807, 2.05) is 36.6 Å². The summed E-state index contributed by atoms with van der Waals surface area (Å²) in [6, 6.07) is 16.1. The van der Waals surface area contributed by atoms with E-state index in [-0.39, 0.29) is 5.69 Å². The minimum atomic E-state index is -0.997. The Balaban J connectivity index is 1.76. The third kappa shape index (κ3) is 4.55. The van der Waals surface area contributed by atoms with Gasteiger partial charge in [0.1, 0.15) is 0 Å². The van der Waals surface area contributed by atoms with Gasteiger partial charge in [0.25, 0.3) is 5.91 Å². The van der Waals surface area contributed by atoms with Crippen molar-refractivity contribution < 1.29 is 14.3 Å². The quantitative estimate of drug-likeness (QED) is 0.476. The summed E-state index contributed by atoms with van der Waals surface area (Å²) in [5, 5.41) is 3.82. The van der Waals surface area contributed by atoms with Gasteiger partial charge < -0.3 is 10.1 Å². The Morgan fingerprint density at radius 3 is 2.61 bits per heavy atom. The minimum Gasteiger partial charge on any atom is -0.448 e. The van der Waals surface area contributed by atoms with E-state index >= 15 is 0 Å². The van der Waals surface area contributed by atoms with Crippen LogP contribution in [0.25, 0.3) is 5.69 Å². The fourth-order valence-electron chi connectivity index (χ4n) is 2.53. The number of hydrogen-bond acceptors (Lipinski definition) is 5. The number of thioether (sulfide) groups is 1. The molecule has 1 heterocycles. The van der Waals surface area contributed by atoms with E-state index in [0.717, 1.165) is 5.69 Å². The van der Waals surface area contributed by atoms with Gasteiger partial charge in [-0.2, -0.15) is 0 Å². The Morgan fingerprint density at radius 1 is 1.18 bits per heavy atom. The van der Waals surface area contributed by atoms with Crippen molar-refractivity contribution in [3.63, 3.8) is 0 Å². The topological polar surface area (TPSA) is 73.2 Å². The normalized spacial score (nSPS) is 11.7. The maximum Gasteiger partial charge on any atom is 0.357 e. The summed E-state index contributed by atoms with van der Waals surface area (Å²) in [6.45, 7) is 1.51. The van der Waals surface area contributed by atoms with Gasteiger partial charge >= 0.3 is 5.97 Å². The summed E-state index contributed by atoms with van der Waals surface area (Å²) >= 11 is 7.32. The highest BCUT2D eigenvalue weighted by Gasteiger charge is 2.24. The number of aromatic nitrogens is 2. The summed E-state index contributed by atoms with van der Waals surface area (Å²) < 4.78 is 7.07. The number of carbonyl (C=O) groups excluding carboxylic acids is 2. The number of hydrogen-bond donors (Lipinski definition) is 1. The Bertz CT molecular complexity index is 991. The van der Waals surface area contributed by atoms with Gasteiger partial charge in [0, 0.05) is 16.4 Å². The molecule has 1 unspecified atom stereocenters. The number of nitrogens with zero attached hydrogens (tertiary/aromatic N) is 2. The molecular weight excluding hydrogens is 398 g/mol. The predicted molar refractivity (Wildman–Crippen MR) is 110 cm³/mol. The van der Waals surface area contributed by atoms with Gasteiger partial charge in [-0.15, -0.1) is 0 Å². The SMILES string of the molecule is CSc1ncc(C(=O)OC(C)C(=O)Nc2cccc(Cl)c2)n1-c1ccccc1. The summed E-state index contributed by atoms with van der Waals surface area (Å²) in [4.78, 5) is 29.3. The first-order valence-electron chi connectivity index (χ1n) is 8.44. The van der Waals surface area contributed by atoms with Crippen LogP contribution in [0.5, 0.6) is 0 Å². The number of benzene rings is 2. The Morgan fingerprint density at radius 2 is 1.93 bits per heavy atom. The summed E-state index contributed by atoms with van der Waals surface area (Å²) in [6.07, 6.45) is 2.32. The monoisotopic (exact) mass is 415 g/mol. The largest absolute Gasteiger partial charge is 0.448 e. The zero-order valence-electron chi connectivity index (χ0n) is 15.3. The molecule has 0 aliphatic carbocycles. The second kappa shape index (κ2) is 8.95. The molecule has 0 saturated heterocycles. The van der Waals surface area contributed by atoms with E-state index in [4.69, 9.17) is 16.3 Å². The van der Waals surface area contributed by atoms with E-state index < -0.39 is 18.0 Å². The van der Waals surface area contributed by atoms with Crippen LogP contribution in [0.15, 0.2) is 66.0 Å². The van der Waals surface area contributed by atoms with Crippen LogP contribution in [0.4, 0.5) is 5.69 Å². The van der Waals surface area contributed by atoms with Gasteiger partial charge in [-0.05, 0) is 43.5 Å². The predicted octanol–water partition coefficient (Wildman–Crippen LogP) is 4.43. The van der Waals surface area contributed by atoms with Crippen LogP contribution < -0.4 is 5.32 Å². The molecular formula is C20H18ClN3O3S. The molecule has 1 N–H and O–H groups in total. The second-order valence-corrected chi connectivity index (χ2v) is 7.06. The molecule has 0 bridgehead atoms.